The van der Waals surface area contributed by atoms with E-state index >= 15 is 0 Å². The molecule has 0 bridgehead atoms. The van der Waals surface area contributed by atoms with Crippen LogP contribution in [0.15, 0.2) is 48.7 Å². The number of hydrogen-bond acceptors (Lipinski definition) is 3. The Labute approximate surface area is 122 Å². The van der Waals surface area contributed by atoms with Gasteiger partial charge in [-0.25, -0.2) is 4.98 Å². The highest BCUT2D eigenvalue weighted by atomic mass is 16.1. The van der Waals surface area contributed by atoms with Crippen LogP contribution < -0.4 is 5.32 Å². The van der Waals surface area contributed by atoms with Crippen molar-refractivity contribution in [1.82, 2.24) is 9.97 Å². The average molecular weight is 277 g/mol. The third kappa shape index (κ3) is 2.60. The number of benzene rings is 1. The van der Waals surface area contributed by atoms with E-state index < -0.39 is 0 Å². The van der Waals surface area contributed by atoms with Crippen molar-refractivity contribution in [2.24, 2.45) is 0 Å². The van der Waals surface area contributed by atoms with Gasteiger partial charge in [0.2, 0.25) is 0 Å². The number of amides is 1. The summed E-state index contributed by atoms with van der Waals surface area (Å²) in [5.41, 5.74) is 3.95. The Bertz CT molecular complexity index is 827. The summed E-state index contributed by atoms with van der Waals surface area (Å²) in [4.78, 5) is 20.9. The van der Waals surface area contributed by atoms with Crippen molar-refractivity contribution in [1.29, 1.82) is 0 Å². The lowest BCUT2D eigenvalue weighted by atomic mass is 10.1. The van der Waals surface area contributed by atoms with Crippen molar-refractivity contribution in [3.63, 3.8) is 0 Å². The van der Waals surface area contributed by atoms with E-state index in [2.05, 4.69) is 15.3 Å². The molecule has 1 N–H and O–H groups in total. The molecule has 0 atom stereocenters. The first-order valence-electron chi connectivity index (χ1n) is 6.74. The van der Waals surface area contributed by atoms with Gasteiger partial charge in [0, 0.05) is 17.3 Å². The number of nitrogens with zero attached hydrogens (tertiary/aromatic N) is 2. The molecule has 4 nitrogen and oxygen atoms in total. The van der Waals surface area contributed by atoms with Gasteiger partial charge in [0.15, 0.2) is 0 Å². The quantitative estimate of drug-likeness (QED) is 0.780. The highest BCUT2D eigenvalue weighted by Gasteiger charge is 2.10. The molecule has 104 valence electrons. The summed E-state index contributed by atoms with van der Waals surface area (Å²) in [5.74, 6) is -0.215. The summed E-state index contributed by atoms with van der Waals surface area (Å²) in [5, 5.41) is 3.84. The van der Waals surface area contributed by atoms with E-state index in [4.69, 9.17) is 0 Å². The molecule has 0 radical (unpaired) electrons. The lowest BCUT2D eigenvalue weighted by Gasteiger charge is -2.10. The second kappa shape index (κ2) is 5.32. The van der Waals surface area contributed by atoms with Crippen molar-refractivity contribution in [3.8, 4) is 0 Å². The van der Waals surface area contributed by atoms with E-state index in [9.17, 15) is 4.79 Å². The van der Waals surface area contributed by atoms with Gasteiger partial charge < -0.3 is 5.32 Å². The summed E-state index contributed by atoms with van der Waals surface area (Å²) < 4.78 is 0. The third-order valence-corrected chi connectivity index (χ3v) is 3.34. The lowest BCUT2D eigenvalue weighted by Crippen LogP contribution is -2.14. The van der Waals surface area contributed by atoms with Gasteiger partial charge in [-0.15, -0.1) is 0 Å². The number of fused-ring (bicyclic) bond motifs is 1. The van der Waals surface area contributed by atoms with Crippen molar-refractivity contribution in [3.05, 3.63) is 65.6 Å². The van der Waals surface area contributed by atoms with Crippen LogP contribution in [-0.4, -0.2) is 15.9 Å². The lowest BCUT2D eigenvalue weighted by molar-refractivity contribution is 0.102. The van der Waals surface area contributed by atoms with Crippen LogP contribution in [0.1, 0.15) is 21.7 Å². The number of carbonyl (C=O) groups excluding carboxylic acids is 1. The first-order chi connectivity index (χ1) is 10.1. The predicted octanol–water partition coefficient (Wildman–Crippen LogP) is 3.50. The molecule has 0 saturated carbocycles. The molecular weight excluding hydrogens is 262 g/mol. The average Bonchev–Trinajstić information content (AvgIpc) is 2.50. The van der Waals surface area contributed by atoms with Crippen LogP contribution in [0.2, 0.25) is 0 Å². The number of rotatable bonds is 2. The van der Waals surface area contributed by atoms with Crippen molar-refractivity contribution >= 4 is 22.5 Å². The Kier molecular flexibility index (Phi) is 3.36. The third-order valence-electron chi connectivity index (χ3n) is 3.34. The number of anilines is 1. The normalized spacial score (nSPS) is 10.6. The highest BCUT2D eigenvalue weighted by molar-refractivity contribution is 6.08. The molecule has 2 aromatic heterocycles. The molecule has 0 spiro atoms. The van der Waals surface area contributed by atoms with Gasteiger partial charge in [-0.1, -0.05) is 12.1 Å². The molecule has 1 aromatic carbocycles. The second-order valence-corrected chi connectivity index (χ2v) is 4.95. The van der Waals surface area contributed by atoms with Crippen LogP contribution in [0.3, 0.4) is 0 Å². The van der Waals surface area contributed by atoms with Crippen molar-refractivity contribution < 1.29 is 4.79 Å². The Hall–Kier alpha value is -2.75. The molecule has 0 aliphatic rings. The van der Waals surface area contributed by atoms with Gasteiger partial charge >= 0.3 is 0 Å². The molecular formula is C17H15N3O. The number of hydrogen-bond donors (Lipinski definition) is 1. The van der Waals surface area contributed by atoms with E-state index in [0.29, 0.717) is 5.69 Å². The van der Waals surface area contributed by atoms with Crippen LogP contribution in [0, 0.1) is 13.8 Å². The molecule has 21 heavy (non-hydrogen) atoms. The minimum absolute atomic E-state index is 0.215. The number of aromatic nitrogens is 2. The molecule has 0 fully saturated rings. The molecule has 4 heteroatoms. The Balaban J connectivity index is 1.99. The molecule has 0 unspecified atom stereocenters. The first-order valence-corrected chi connectivity index (χ1v) is 6.74. The summed E-state index contributed by atoms with van der Waals surface area (Å²) in [6.07, 6.45) is 1.75. The molecule has 1 amide bonds. The van der Waals surface area contributed by atoms with E-state index in [0.717, 1.165) is 27.8 Å². The Morgan fingerprint density at radius 3 is 2.71 bits per heavy atom. The standard InChI is InChI=1S/C17H15N3O/c1-11-8-9-14(13-6-4-10-18-16(11)13)20-17(21)15-7-3-5-12(2)19-15/h3-10H,1-2H3,(H,20,21). The molecule has 0 aliphatic heterocycles. The van der Waals surface area contributed by atoms with Gasteiger partial charge in [0.25, 0.3) is 5.91 Å². The van der Waals surface area contributed by atoms with Gasteiger partial charge in [0.05, 0.1) is 11.2 Å². The van der Waals surface area contributed by atoms with Crippen LogP contribution in [0.4, 0.5) is 5.69 Å². The topological polar surface area (TPSA) is 54.9 Å². The van der Waals surface area contributed by atoms with E-state index in [1.54, 1.807) is 12.3 Å². The van der Waals surface area contributed by atoms with E-state index in [1.165, 1.54) is 0 Å². The first kappa shape index (κ1) is 13.2. The zero-order valence-corrected chi connectivity index (χ0v) is 11.9. The summed E-state index contributed by atoms with van der Waals surface area (Å²) in [7, 11) is 0. The van der Waals surface area contributed by atoms with Crippen LogP contribution in [-0.2, 0) is 0 Å². The molecule has 3 aromatic rings. The number of pyridine rings is 2. The minimum Gasteiger partial charge on any atom is -0.320 e. The molecule has 2 heterocycles. The van der Waals surface area contributed by atoms with E-state index in [1.807, 2.05) is 50.2 Å². The fourth-order valence-corrected chi connectivity index (χ4v) is 2.28. The second-order valence-electron chi connectivity index (χ2n) is 4.95. The molecule has 3 rings (SSSR count). The van der Waals surface area contributed by atoms with Gasteiger partial charge in [-0.05, 0) is 49.7 Å². The maximum absolute atomic E-state index is 12.3. The van der Waals surface area contributed by atoms with Crippen LogP contribution in [0.25, 0.3) is 10.9 Å². The fourth-order valence-electron chi connectivity index (χ4n) is 2.28. The number of nitrogens with one attached hydrogen (secondary N) is 1. The summed E-state index contributed by atoms with van der Waals surface area (Å²) >= 11 is 0. The summed E-state index contributed by atoms with van der Waals surface area (Å²) in [6.45, 7) is 3.87. The highest BCUT2D eigenvalue weighted by Crippen LogP contribution is 2.24. The van der Waals surface area contributed by atoms with E-state index in [-0.39, 0.29) is 5.91 Å². The Morgan fingerprint density at radius 1 is 1.05 bits per heavy atom. The molecule has 0 aliphatic carbocycles. The van der Waals surface area contributed by atoms with Gasteiger partial charge in [-0.2, -0.15) is 0 Å². The monoisotopic (exact) mass is 277 g/mol. The largest absolute Gasteiger partial charge is 0.320 e. The van der Waals surface area contributed by atoms with Crippen molar-refractivity contribution in [2.45, 2.75) is 13.8 Å². The maximum atomic E-state index is 12.3. The maximum Gasteiger partial charge on any atom is 0.274 e. The molecule has 0 saturated heterocycles. The van der Waals surface area contributed by atoms with Gasteiger partial charge in [0.1, 0.15) is 5.69 Å². The Morgan fingerprint density at radius 2 is 1.90 bits per heavy atom. The number of carbonyl (C=O) groups is 1. The van der Waals surface area contributed by atoms with Crippen molar-refractivity contribution in [2.75, 3.05) is 5.32 Å². The van der Waals surface area contributed by atoms with Crippen LogP contribution >= 0.6 is 0 Å². The minimum atomic E-state index is -0.215. The van der Waals surface area contributed by atoms with Crippen LogP contribution in [0.5, 0.6) is 0 Å². The fraction of sp³-hybridized carbons (Fsp3) is 0.118. The smallest absolute Gasteiger partial charge is 0.274 e. The zero-order chi connectivity index (χ0) is 14.8. The van der Waals surface area contributed by atoms with Gasteiger partial charge in [-0.3, -0.25) is 9.78 Å². The zero-order valence-electron chi connectivity index (χ0n) is 11.9. The predicted molar refractivity (Wildman–Crippen MR) is 83.4 cm³/mol. The summed E-state index contributed by atoms with van der Waals surface area (Å²) in [6, 6.07) is 13.1. The SMILES string of the molecule is Cc1cccc(C(=O)Nc2ccc(C)c3ncccc23)n1. The number of aryl methyl sites for hydroxylation is 2.